The summed E-state index contributed by atoms with van der Waals surface area (Å²) >= 11 is 5.76. The van der Waals surface area contributed by atoms with E-state index >= 15 is 0 Å². The third-order valence-electron chi connectivity index (χ3n) is 2.56. The van der Waals surface area contributed by atoms with Gasteiger partial charge < -0.3 is 5.32 Å². The van der Waals surface area contributed by atoms with Crippen LogP contribution in [0.3, 0.4) is 0 Å². The first-order valence-corrected chi connectivity index (χ1v) is 6.23. The van der Waals surface area contributed by atoms with Gasteiger partial charge in [0.05, 0.1) is 5.56 Å². The molecule has 1 aromatic rings. The van der Waals surface area contributed by atoms with Gasteiger partial charge in [-0.25, -0.2) is 8.78 Å². The SMILES string of the molecule is Cc1cc(C(=O)NCCCC(C)Cl)c(F)cc1F. The lowest BCUT2D eigenvalue weighted by atomic mass is 10.1. The van der Waals surface area contributed by atoms with E-state index in [-0.39, 0.29) is 16.5 Å². The lowest BCUT2D eigenvalue weighted by Crippen LogP contribution is -2.26. The Balaban J connectivity index is 2.59. The Morgan fingerprint density at radius 1 is 1.39 bits per heavy atom. The van der Waals surface area contributed by atoms with Gasteiger partial charge >= 0.3 is 0 Å². The summed E-state index contributed by atoms with van der Waals surface area (Å²) in [6.45, 7) is 3.78. The van der Waals surface area contributed by atoms with E-state index in [4.69, 9.17) is 11.6 Å². The molecule has 0 aliphatic heterocycles. The highest BCUT2D eigenvalue weighted by Crippen LogP contribution is 2.14. The molecule has 1 N–H and O–H groups in total. The summed E-state index contributed by atoms with van der Waals surface area (Å²) in [4.78, 5) is 11.7. The Labute approximate surface area is 110 Å². The molecule has 100 valence electrons. The maximum atomic E-state index is 13.4. The highest BCUT2D eigenvalue weighted by Gasteiger charge is 2.14. The molecule has 0 aromatic heterocycles. The second kappa shape index (κ2) is 6.69. The number of carbonyl (C=O) groups excluding carboxylic acids is 1. The summed E-state index contributed by atoms with van der Waals surface area (Å²) < 4.78 is 26.4. The number of hydrogen-bond acceptors (Lipinski definition) is 1. The summed E-state index contributed by atoms with van der Waals surface area (Å²) in [5, 5.41) is 2.63. The second-order valence-corrected chi connectivity index (χ2v) is 5.01. The van der Waals surface area contributed by atoms with Crippen LogP contribution in [0, 0.1) is 18.6 Å². The predicted octanol–water partition coefficient (Wildman–Crippen LogP) is 3.41. The van der Waals surface area contributed by atoms with Crippen LogP contribution in [-0.4, -0.2) is 17.8 Å². The van der Waals surface area contributed by atoms with Crippen molar-refractivity contribution in [2.24, 2.45) is 0 Å². The molecule has 0 fully saturated rings. The molecule has 0 radical (unpaired) electrons. The van der Waals surface area contributed by atoms with Crippen LogP contribution < -0.4 is 5.32 Å². The van der Waals surface area contributed by atoms with Crippen molar-refractivity contribution in [1.82, 2.24) is 5.32 Å². The fraction of sp³-hybridized carbons (Fsp3) is 0.462. The molecule has 0 heterocycles. The predicted molar refractivity (Wildman–Crippen MR) is 68.0 cm³/mol. The summed E-state index contributed by atoms with van der Waals surface area (Å²) in [5.74, 6) is -2.03. The zero-order valence-electron chi connectivity index (χ0n) is 10.4. The summed E-state index contributed by atoms with van der Waals surface area (Å²) in [7, 11) is 0. The molecule has 1 atom stereocenters. The third kappa shape index (κ3) is 4.26. The molecule has 2 nitrogen and oxygen atoms in total. The molecule has 0 saturated heterocycles. The van der Waals surface area contributed by atoms with Gasteiger partial charge in [-0.2, -0.15) is 0 Å². The smallest absolute Gasteiger partial charge is 0.254 e. The van der Waals surface area contributed by atoms with Crippen LogP contribution >= 0.6 is 11.6 Å². The second-order valence-electron chi connectivity index (χ2n) is 4.26. The van der Waals surface area contributed by atoms with Crippen molar-refractivity contribution in [3.05, 3.63) is 34.9 Å². The van der Waals surface area contributed by atoms with Gasteiger partial charge in [0, 0.05) is 18.0 Å². The van der Waals surface area contributed by atoms with E-state index < -0.39 is 17.5 Å². The highest BCUT2D eigenvalue weighted by atomic mass is 35.5. The topological polar surface area (TPSA) is 29.1 Å². The Morgan fingerprint density at radius 2 is 2.06 bits per heavy atom. The first-order valence-electron chi connectivity index (χ1n) is 5.79. The number of amides is 1. The molecule has 0 bridgehead atoms. The van der Waals surface area contributed by atoms with E-state index in [9.17, 15) is 13.6 Å². The number of benzene rings is 1. The highest BCUT2D eigenvalue weighted by molar-refractivity contribution is 6.20. The minimum absolute atomic E-state index is 0.0479. The maximum absolute atomic E-state index is 13.4. The van der Waals surface area contributed by atoms with Crippen LogP contribution in [0.5, 0.6) is 0 Å². The first kappa shape index (κ1) is 14.9. The molecular weight excluding hydrogens is 260 g/mol. The lowest BCUT2D eigenvalue weighted by molar-refractivity contribution is 0.0948. The minimum atomic E-state index is -0.846. The summed E-state index contributed by atoms with van der Waals surface area (Å²) in [6, 6.07) is 1.94. The van der Waals surface area contributed by atoms with Crippen molar-refractivity contribution < 1.29 is 13.6 Å². The van der Waals surface area contributed by atoms with Gasteiger partial charge in [0.1, 0.15) is 11.6 Å². The molecule has 1 aromatic carbocycles. The normalized spacial score (nSPS) is 12.3. The van der Waals surface area contributed by atoms with E-state index in [1.54, 1.807) is 0 Å². The molecule has 0 spiro atoms. The molecule has 5 heteroatoms. The van der Waals surface area contributed by atoms with Crippen molar-refractivity contribution in [2.75, 3.05) is 6.54 Å². The molecule has 0 saturated carbocycles. The fourth-order valence-corrected chi connectivity index (χ4v) is 1.67. The van der Waals surface area contributed by atoms with Gasteiger partial charge in [0.25, 0.3) is 5.91 Å². The van der Waals surface area contributed by atoms with E-state index in [0.29, 0.717) is 6.54 Å². The van der Waals surface area contributed by atoms with E-state index in [1.165, 1.54) is 13.0 Å². The minimum Gasteiger partial charge on any atom is -0.352 e. The van der Waals surface area contributed by atoms with Crippen LogP contribution in [0.2, 0.25) is 0 Å². The van der Waals surface area contributed by atoms with Crippen LogP contribution in [0.4, 0.5) is 8.78 Å². The average molecular weight is 276 g/mol. The quantitative estimate of drug-likeness (QED) is 0.647. The lowest BCUT2D eigenvalue weighted by Gasteiger charge is -2.08. The number of rotatable bonds is 5. The van der Waals surface area contributed by atoms with Gasteiger partial charge in [-0.05, 0) is 38.3 Å². The molecule has 1 rings (SSSR count). The largest absolute Gasteiger partial charge is 0.352 e. The average Bonchev–Trinajstić information content (AvgIpc) is 2.28. The van der Waals surface area contributed by atoms with Crippen LogP contribution in [0.15, 0.2) is 12.1 Å². The van der Waals surface area contributed by atoms with Gasteiger partial charge in [0.2, 0.25) is 0 Å². The number of hydrogen-bond donors (Lipinski definition) is 1. The van der Waals surface area contributed by atoms with Gasteiger partial charge in [-0.3, -0.25) is 4.79 Å². The zero-order valence-corrected chi connectivity index (χ0v) is 11.2. The Hall–Kier alpha value is -1.16. The number of carbonyl (C=O) groups is 1. The van der Waals surface area contributed by atoms with Gasteiger partial charge in [-0.15, -0.1) is 11.6 Å². The number of nitrogens with one attached hydrogen (secondary N) is 1. The van der Waals surface area contributed by atoms with Crippen molar-refractivity contribution in [3.8, 4) is 0 Å². The number of aryl methyl sites for hydroxylation is 1. The molecule has 0 aliphatic carbocycles. The monoisotopic (exact) mass is 275 g/mol. The third-order valence-corrected chi connectivity index (χ3v) is 2.78. The molecular formula is C13H16ClF2NO. The zero-order chi connectivity index (χ0) is 13.7. The fourth-order valence-electron chi connectivity index (χ4n) is 1.51. The molecule has 18 heavy (non-hydrogen) atoms. The van der Waals surface area contributed by atoms with Crippen molar-refractivity contribution in [3.63, 3.8) is 0 Å². The van der Waals surface area contributed by atoms with E-state index in [0.717, 1.165) is 18.9 Å². The van der Waals surface area contributed by atoms with E-state index in [2.05, 4.69) is 5.32 Å². The summed E-state index contributed by atoms with van der Waals surface area (Å²) in [6.07, 6.45) is 1.49. The summed E-state index contributed by atoms with van der Waals surface area (Å²) in [5.41, 5.74) is 0.115. The maximum Gasteiger partial charge on any atom is 0.254 e. The number of halogens is 3. The molecule has 1 unspecified atom stereocenters. The van der Waals surface area contributed by atoms with Crippen LogP contribution in [0.1, 0.15) is 35.7 Å². The molecule has 1 amide bonds. The van der Waals surface area contributed by atoms with Crippen LogP contribution in [0.25, 0.3) is 0 Å². The van der Waals surface area contributed by atoms with Crippen LogP contribution in [-0.2, 0) is 0 Å². The standard InChI is InChI=1S/C13H16ClF2NO/c1-8-6-10(12(16)7-11(8)15)13(18)17-5-3-4-9(2)14/h6-7,9H,3-5H2,1-2H3,(H,17,18). The first-order chi connectivity index (χ1) is 8.41. The van der Waals surface area contributed by atoms with Crippen molar-refractivity contribution >= 4 is 17.5 Å². The number of alkyl halides is 1. The Kier molecular flexibility index (Phi) is 5.54. The van der Waals surface area contributed by atoms with Gasteiger partial charge in [-0.1, -0.05) is 0 Å². The Morgan fingerprint density at radius 3 is 2.67 bits per heavy atom. The van der Waals surface area contributed by atoms with Gasteiger partial charge in [0.15, 0.2) is 0 Å². The molecule has 0 aliphatic rings. The van der Waals surface area contributed by atoms with E-state index in [1.807, 2.05) is 6.92 Å². The van der Waals surface area contributed by atoms with Crippen molar-refractivity contribution in [2.45, 2.75) is 32.1 Å². The Bertz CT molecular complexity index is 435. The van der Waals surface area contributed by atoms with Crippen molar-refractivity contribution in [1.29, 1.82) is 0 Å².